The summed E-state index contributed by atoms with van der Waals surface area (Å²) in [6.07, 6.45) is 5.67. The van der Waals surface area contributed by atoms with Crippen molar-refractivity contribution in [2.45, 2.75) is 55.3 Å². The predicted octanol–water partition coefficient (Wildman–Crippen LogP) is 5.15. The van der Waals surface area contributed by atoms with Gasteiger partial charge in [-0.2, -0.15) is 0 Å². The zero-order valence-electron chi connectivity index (χ0n) is 15.3. The fourth-order valence-corrected chi connectivity index (χ4v) is 11.0. The molecule has 1 nitrogen and oxygen atoms in total. The van der Waals surface area contributed by atoms with E-state index >= 15 is 0 Å². The number of benzene rings is 2. The first kappa shape index (κ1) is 16.0. The van der Waals surface area contributed by atoms with E-state index in [4.69, 9.17) is 0 Å². The molecule has 2 fully saturated rings. The summed E-state index contributed by atoms with van der Waals surface area (Å²) in [5.41, 5.74) is 4.63. The Hall–Kier alpha value is -1.25. The number of aryl methyl sites for hydroxylation is 1. The molecule has 5 rings (SSSR count). The highest BCUT2D eigenvalue weighted by molar-refractivity contribution is 8.34. The number of fused-ring (bicyclic) bond motifs is 1. The van der Waals surface area contributed by atoms with Gasteiger partial charge in [-0.05, 0) is 59.8 Å². The monoisotopic (exact) mass is 351 g/mol. The van der Waals surface area contributed by atoms with Gasteiger partial charge in [0, 0.05) is 24.4 Å². The summed E-state index contributed by atoms with van der Waals surface area (Å²) in [5, 5.41) is 0.952. The van der Waals surface area contributed by atoms with Gasteiger partial charge >= 0.3 is 0 Å². The normalized spacial score (nSPS) is 33.8. The molecule has 2 aromatic rings. The van der Waals surface area contributed by atoms with Crippen LogP contribution >= 0.6 is 10.0 Å². The molecular formula is C23H29NS. The van der Waals surface area contributed by atoms with Crippen LogP contribution in [0.5, 0.6) is 0 Å². The van der Waals surface area contributed by atoms with Gasteiger partial charge in [-0.15, -0.1) is 0 Å². The Labute approximate surface area is 153 Å². The zero-order valence-corrected chi connectivity index (χ0v) is 16.1. The minimum absolute atomic E-state index is 0.589. The number of rotatable bonds is 2. The molecule has 0 saturated carbocycles. The van der Waals surface area contributed by atoms with E-state index < -0.39 is 10.0 Å². The molecule has 3 heterocycles. The predicted molar refractivity (Wildman–Crippen MR) is 109 cm³/mol. The van der Waals surface area contributed by atoms with Crippen molar-refractivity contribution in [2.24, 2.45) is 0 Å². The van der Waals surface area contributed by atoms with Gasteiger partial charge in [0.15, 0.2) is 0 Å². The first-order chi connectivity index (χ1) is 12.3. The molecule has 25 heavy (non-hydrogen) atoms. The van der Waals surface area contributed by atoms with Crippen molar-refractivity contribution >= 4 is 10.0 Å². The average molecular weight is 352 g/mol. The largest absolute Gasteiger partial charge is 0.294 e. The first-order valence-electron chi connectivity index (χ1n) is 9.91. The first-order valence-corrected chi connectivity index (χ1v) is 11.9. The molecule has 2 saturated heterocycles. The average Bonchev–Trinajstić information content (AvgIpc) is 2.65. The lowest BCUT2D eigenvalue weighted by atomic mass is 9.95. The second kappa shape index (κ2) is 6.17. The van der Waals surface area contributed by atoms with E-state index in [9.17, 15) is 0 Å². The lowest BCUT2D eigenvalue weighted by molar-refractivity contribution is 0.172. The molecule has 3 aliphatic rings. The van der Waals surface area contributed by atoms with Crippen molar-refractivity contribution in [3.05, 3.63) is 65.2 Å². The highest BCUT2D eigenvalue weighted by Crippen LogP contribution is 2.69. The molecule has 2 heteroatoms. The fourth-order valence-electron chi connectivity index (χ4n) is 5.60. The standard InChI is InChI=1S/C23H29NS/c1-18-10-11-20-16-21-22-9-5-6-13-25(22,23(20)15-18)14-12-24(21)17-19-7-3-2-4-8-19/h2-4,7-8,10-11,15,21-22H,5-6,9,12-14,16-17H2,1H3. The summed E-state index contributed by atoms with van der Waals surface area (Å²) in [5.74, 6) is 2.95. The molecule has 0 radical (unpaired) electrons. The van der Waals surface area contributed by atoms with Crippen LogP contribution < -0.4 is 0 Å². The van der Waals surface area contributed by atoms with Crippen LogP contribution in [0.2, 0.25) is 0 Å². The summed E-state index contributed by atoms with van der Waals surface area (Å²) in [4.78, 5) is 4.65. The SMILES string of the molecule is Cc1ccc2c(c1)S13CCCCC1C(C2)N(Cc1ccccc1)CC3. The zero-order chi connectivity index (χ0) is 16.9. The van der Waals surface area contributed by atoms with Crippen LogP contribution in [0.1, 0.15) is 36.0 Å². The van der Waals surface area contributed by atoms with Crippen molar-refractivity contribution in [3.8, 4) is 0 Å². The summed E-state index contributed by atoms with van der Waals surface area (Å²) in [7, 11) is -0.589. The van der Waals surface area contributed by atoms with Crippen molar-refractivity contribution in [2.75, 3.05) is 18.1 Å². The Morgan fingerprint density at radius 2 is 1.92 bits per heavy atom. The fraction of sp³-hybridized carbons (Fsp3) is 0.478. The van der Waals surface area contributed by atoms with E-state index in [2.05, 4.69) is 60.4 Å². The Bertz CT molecular complexity index is 771. The van der Waals surface area contributed by atoms with Crippen molar-refractivity contribution < 1.29 is 0 Å². The summed E-state index contributed by atoms with van der Waals surface area (Å²) in [6, 6.07) is 19.3. The smallest absolute Gasteiger partial charge is 0.0247 e. The van der Waals surface area contributed by atoms with Crippen LogP contribution in [-0.2, 0) is 13.0 Å². The van der Waals surface area contributed by atoms with Gasteiger partial charge in [0.25, 0.3) is 0 Å². The molecule has 2 aromatic carbocycles. The maximum absolute atomic E-state index is 2.83. The van der Waals surface area contributed by atoms with Gasteiger partial charge in [0.2, 0.25) is 0 Å². The van der Waals surface area contributed by atoms with Crippen LogP contribution in [-0.4, -0.2) is 34.2 Å². The molecule has 3 unspecified atom stereocenters. The van der Waals surface area contributed by atoms with Crippen LogP contribution in [0.4, 0.5) is 0 Å². The molecule has 0 aliphatic carbocycles. The Morgan fingerprint density at radius 1 is 1.04 bits per heavy atom. The topological polar surface area (TPSA) is 3.24 Å². The van der Waals surface area contributed by atoms with E-state index in [-0.39, 0.29) is 0 Å². The number of hydrogen-bond donors (Lipinski definition) is 0. The molecule has 0 aromatic heterocycles. The summed E-state index contributed by atoms with van der Waals surface area (Å²) in [6.45, 7) is 4.72. The van der Waals surface area contributed by atoms with Crippen LogP contribution in [0.3, 0.4) is 0 Å². The van der Waals surface area contributed by atoms with Crippen LogP contribution in [0.15, 0.2) is 53.4 Å². The third kappa shape index (κ3) is 2.57. The Balaban J connectivity index is 1.54. The number of hydrogen-bond acceptors (Lipinski definition) is 1. The van der Waals surface area contributed by atoms with Gasteiger partial charge in [-0.1, -0.05) is 54.4 Å². The van der Waals surface area contributed by atoms with E-state index in [0.717, 1.165) is 17.8 Å². The van der Waals surface area contributed by atoms with Crippen LogP contribution in [0, 0.1) is 6.92 Å². The Kier molecular flexibility index (Phi) is 3.94. The molecule has 132 valence electrons. The second-order valence-corrected chi connectivity index (χ2v) is 12.0. The van der Waals surface area contributed by atoms with E-state index in [1.165, 1.54) is 54.9 Å². The molecule has 3 atom stereocenters. The highest BCUT2D eigenvalue weighted by Gasteiger charge is 2.50. The van der Waals surface area contributed by atoms with E-state index in [1.54, 1.807) is 5.56 Å². The summed E-state index contributed by atoms with van der Waals surface area (Å²) < 4.78 is 0. The van der Waals surface area contributed by atoms with Gasteiger partial charge in [-0.3, -0.25) is 4.90 Å². The molecule has 3 aliphatic heterocycles. The third-order valence-corrected chi connectivity index (χ3v) is 11.7. The van der Waals surface area contributed by atoms with Crippen molar-refractivity contribution in [3.63, 3.8) is 0 Å². The van der Waals surface area contributed by atoms with E-state index in [1.807, 2.05) is 4.90 Å². The second-order valence-electron chi connectivity index (χ2n) is 8.23. The maximum atomic E-state index is 2.83. The van der Waals surface area contributed by atoms with Gasteiger partial charge in [0.1, 0.15) is 0 Å². The van der Waals surface area contributed by atoms with Gasteiger partial charge < -0.3 is 0 Å². The van der Waals surface area contributed by atoms with Crippen LogP contribution in [0.25, 0.3) is 0 Å². The molecule has 2 bridgehead atoms. The lowest BCUT2D eigenvalue weighted by Crippen LogP contribution is -2.57. The number of nitrogens with zero attached hydrogens (tertiary/aromatic N) is 1. The maximum Gasteiger partial charge on any atom is 0.0247 e. The molecular weight excluding hydrogens is 322 g/mol. The lowest BCUT2D eigenvalue weighted by Gasteiger charge is -2.62. The molecule has 0 spiro atoms. The van der Waals surface area contributed by atoms with Gasteiger partial charge in [0.05, 0.1) is 0 Å². The Morgan fingerprint density at radius 3 is 2.80 bits per heavy atom. The van der Waals surface area contributed by atoms with E-state index in [0.29, 0.717) is 0 Å². The minimum Gasteiger partial charge on any atom is -0.294 e. The van der Waals surface area contributed by atoms with Crippen molar-refractivity contribution in [1.82, 2.24) is 4.90 Å². The quantitative estimate of drug-likeness (QED) is 0.723. The molecule has 0 amide bonds. The highest BCUT2D eigenvalue weighted by atomic mass is 32.3. The third-order valence-electron chi connectivity index (χ3n) is 6.79. The van der Waals surface area contributed by atoms with Gasteiger partial charge in [-0.25, -0.2) is 10.0 Å². The summed E-state index contributed by atoms with van der Waals surface area (Å²) >= 11 is 0. The minimum atomic E-state index is -0.589. The molecule has 0 N–H and O–H groups in total. The van der Waals surface area contributed by atoms with Crippen molar-refractivity contribution in [1.29, 1.82) is 0 Å².